The number of hydrogen-bond donors (Lipinski definition) is 1. The molecule has 1 rings (SSSR count). The molecule has 0 spiro atoms. The third-order valence-corrected chi connectivity index (χ3v) is 2.85. The monoisotopic (exact) mass is 223 g/mol. The zero-order valence-electron chi connectivity index (χ0n) is 10.3. The van der Waals surface area contributed by atoms with E-state index in [2.05, 4.69) is 12.2 Å². The second-order valence-electron chi connectivity index (χ2n) is 4.26. The van der Waals surface area contributed by atoms with Crippen molar-refractivity contribution in [1.82, 2.24) is 5.32 Å². The molecule has 0 heterocycles. The zero-order valence-corrected chi connectivity index (χ0v) is 10.3. The van der Waals surface area contributed by atoms with E-state index in [-0.39, 0.29) is 11.9 Å². The second kappa shape index (κ2) is 7.39. The van der Waals surface area contributed by atoms with Crippen molar-refractivity contribution in [2.24, 2.45) is 0 Å². The van der Waals surface area contributed by atoms with E-state index in [4.69, 9.17) is 0 Å². The average molecular weight is 223 g/mol. The molecule has 90 valence electrons. The maximum absolute atomic E-state index is 13.4. The quantitative estimate of drug-likeness (QED) is 0.687. The summed E-state index contributed by atoms with van der Waals surface area (Å²) in [5.41, 5.74) is 0.762. The Balaban J connectivity index is 2.30. The third kappa shape index (κ3) is 4.31. The summed E-state index contributed by atoms with van der Waals surface area (Å²) >= 11 is 0. The van der Waals surface area contributed by atoms with Crippen molar-refractivity contribution in [3.8, 4) is 0 Å². The van der Waals surface area contributed by atoms with Crippen LogP contribution in [0.5, 0.6) is 0 Å². The summed E-state index contributed by atoms with van der Waals surface area (Å²) < 4.78 is 13.4. The molecule has 0 radical (unpaired) electrons. The largest absolute Gasteiger partial charge is 0.310 e. The molecule has 0 saturated carbocycles. The molecule has 0 unspecified atom stereocenters. The zero-order chi connectivity index (χ0) is 11.8. The van der Waals surface area contributed by atoms with Crippen LogP contribution < -0.4 is 5.32 Å². The number of hydrogen-bond acceptors (Lipinski definition) is 1. The van der Waals surface area contributed by atoms with E-state index in [0.29, 0.717) is 0 Å². The molecule has 1 N–H and O–H groups in total. The predicted octanol–water partition coefficient (Wildman–Crippen LogP) is 4.06. The average Bonchev–Trinajstić information content (AvgIpc) is 2.29. The van der Waals surface area contributed by atoms with E-state index in [0.717, 1.165) is 12.1 Å². The molecule has 1 atom stereocenters. The van der Waals surface area contributed by atoms with Crippen LogP contribution in [-0.2, 0) is 0 Å². The number of benzene rings is 1. The SMILES string of the molecule is CCCCCCN[C@H](C)c1ccccc1F. The van der Waals surface area contributed by atoms with Crippen LogP contribution >= 0.6 is 0 Å². The van der Waals surface area contributed by atoms with Crippen LogP contribution in [0, 0.1) is 5.82 Å². The Kier molecular flexibility index (Phi) is 6.09. The van der Waals surface area contributed by atoms with Crippen LogP contribution in [0.25, 0.3) is 0 Å². The van der Waals surface area contributed by atoms with Gasteiger partial charge in [0.15, 0.2) is 0 Å². The number of halogens is 1. The molecule has 0 fully saturated rings. The van der Waals surface area contributed by atoms with E-state index in [9.17, 15) is 4.39 Å². The molecular weight excluding hydrogens is 201 g/mol. The standard InChI is InChI=1S/C14H22FN/c1-3-4-5-8-11-16-12(2)13-9-6-7-10-14(13)15/h6-7,9-10,12,16H,3-5,8,11H2,1-2H3/t12-/m1/s1. The maximum Gasteiger partial charge on any atom is 0.127 e. The Bertz CT molecular complexity index is 299. The molecule has 2 heteroatoms. The van der Waals surface area contributed by atoms with Gasteiger partial charge >= 0.3 is 0 Å². The molecule has 0 saturated heterocycles. The molecular formula is C14H22FN. The lowest BCUT2D eigenvalue weighted by atomic mass is 10.1. The Morgan fingerprint density at radius 3 is 2.62 bits per heavy atom. The lowest BCUT2D eigenvalue weighted by Crippen LogP contribution is -2.20. The molecule has 0 aromatic heterocycles. The van der Waals surface area contributed by atoms with Crippen molar-refractivity contribution in [3.63, 3.8) is 0 Å². The first-order chi connectivity index (χ1) is 7.75. The highest BCUT2D eigenvalue weighted by Gasteiger charge is 2.08. The normalized spacial score (nSPS) is 12.7. The Morgan fingerprint density at radius 1 is 1.19 bits per heavy atom. The minimum absolute atomic E-state index is 0.0998. The summed E-state index contributed by atoms with van der Waals surface area (Å²) in [6, 6.07) is 7.08. The molecule has 1 aromatic carbocycles. The number of rotatable bonds is 7. The summed E-state index contributed by atoms with van der Waals surface area (Å²) in [4.78, 5) is 0. The minimum Gasteiger partial charge on any atom is -0.310 e. The van der Waals surface area contributed by atoms with Gasteiger partial charge in [-0.15, -0.1) is 0 Å². The highest BCUT2D eigenvalue weighted by molar-refractivity contribution is 5.20. The molecule has 0 aliphatic rings. The summed E-state index contributed by atoms with van der Waals surface area (Å²) in [6.07, 6.45) is 4.97. The third-order valence-electron chi connectivity index (χ3n) is 2.85. The predicted molar refractivity (Wildman–Crippen MR) is 67.0 cm³/mol. The maximum atomic E-state index is 13.4. The van der Waals surface area contributed by atoms with Crippen molar-refractivity contribution >= 4 is 0 Å². The highest BCUT2D eigenvalue weighted by atomic mass is 19.1. The first-order valence-electron chi connectivity index (χ1n) is 6.23. The second-order valence-corrected chi connectivity index (χ2v) is 4.26. The van der Waals surface area contributed by atoms with Crippen LogP contribution in [0.2, 0.25) is 0 Å². The summed E-state index contributed by atoms with van der Waals surface area (Å²) in [5.74, 6) is -0.115. The molecule has 0 aliphatic heterocycles. The topological polar surface area (TPSA) is 12.0 Å². The van der Waals surface area contributed by atoms with Gasteiger partial charge in [-0.25, -0.2) is 4.39 Å². The first kappa shape index (κ1) is 13.2. The Labute approximate surface area is 98.1 Å². The van der Waals surface area contributed by atoms with E-state index < -0.39 is 0 Å². The number of unbranched alkanes of at least 4 members (excludes halogenated alkanes) is 3. The lowest BCUT2D eigenvalue weighted by Gasteiger charge is -2.14. The van der Waals surface area contributed by atoms with Crippen molar-refractivity contribution in [2.75, 3.05) is 6.54 Å². The van der Waals surface area contributed by atoms with Gasteiger partial charge in [-0.05, 0) is 26.0 Å². The van der Waals surface area contributed by atoms with Crippen molar-refractivity contribution in [3.05, 3.63) is 35.6 Å². The van der Waals surface area contributed by atoms with Crippen LogP contribution in [-0.4, -0.2) is 6.54 Å². The Hall–Kier alpha value is -0.890. The smallest absolute Gasteiger partial charge is 0.127 e. The summed E-state index contributed by atoms with van der Waals surface area (Å²) in [5, 5.41) is 3.36. The summed E-state index contributed by atoms with van der Waals surface area (Å²) in [7, 11) is 0. The van der Waals surface area contributed by atoms with Gasteiger partial charge in [0, 0.05) is 11.6 Å². The molecule has 1 nitrogen and oxygen atoms in total. The molecule has 0 aliphatic carbocycles. The van der Waals surface area contributed by atoms with Crippen LogP contribution in [0.3, 0.4) is 0 Å². The fourth-order valence-corrected chi connectivity index (χ4v) is 1.81. The molecule has 16 heavy (non-hydrogen) atoms. The van der Waals surface area contributed by atoms with Crippen LogP contribution in [0.4, 0.5) is 4.39 Å². The van der Waals surface area contributed by atoms with Crippen molar-refractivity contribution < 1.29 is 4.39 Å². The van der Waals surface area contributed by atoms with Gasteiger partial charge in [0.1, 0.15) is 5.82 Å². The lowest BCUT2D eigenvalue weighted by molar-refractivity contribution is 0.510. The minimum atomic E-state index is -0.115. The van der Waals surface area contributed by atoms with Crippen molar-refractivity contribution in [1.29, 1.82) is 0 Å². The number of nitrogens with one attached hydrogen (secondary N) is 1. The van der Waals surface area contributed by atoms with Crippen LogP contribution in [0.15, 0.2) is 24.3 Å². The fraction of sp³-hybridized carbons (Fsp3) is 0.571. The first-order valence-corrected chi connectivity index (χ1v) is 6.23. The van der Waals surface area contributed by atoms with Gasteiger partial charge in [0.25, 0.3) is 0 Å². The fourth-order valence-electron chi connectivity index (χ4n) is 1.81. The van der Waals surface area contributed by atoms with Gasteiger partial charge in [-0.3, -0.25) is 0 Å². The van der Waals surface area contributed by atoms with Gasteiger partial charge in [0.05, 0.1) is 0 Å². The van der Waals surface area contributed by atoms with Gasteiger partial charge in [0.2, 0.25) is 0 Å². The highest BCUT2D eigenvalue weighted by Crippen LogP contribution is 2.15. The van der Waals surface area contributed by atoms with E-state index >= 15 is 0 Å². The van der Waals surface area contributed by atoms with Gasteiger partial charge in [-0.2, -0.15) is 0 Å². The van der Waals surface area contributed by atoms with Gasteiger partial charge in [-0.1, -0.05) is 44.4 Å². The summed E-state index contributed by atoms with van der Waals surface area (Å²) in [6.45, 7) is 5.18. The van der Waals surface area contributed by atoms with E-state index in [1.165, 1.54) is 31.7 Å². The van der Waals surface area contributed by atoms with E-state index in [1.807, 2.05) is 19.1 Å². The van der Waals surface area contributed by atoms with Crippen molar-refractivity contribution in [2.45, 2.75) is 45.6 Å². The van der Waals surface area contributed by atoms with Gasteiger partial charge < -0.3 is 5.32 Å². The van der Waals surface area contributed by atoms with Crippen LogP contribution in [0.1, 0.15) is 51.1 Å². The Morgan fingerprint density at radius 2 is 1.94 bits per heavy atom. The molecule has 0 bridgehead atoms. The van der Waals surface area contributed by atoms with E-state index in [1.54, 1.807) is 6.07 Å². The molecule has 0 amide bonds. The molecule has 1 aromatic rings.